The van der Waals surface area contributed by atoms with Gasteiger partial charge in [0.2, 0.25) is 0 Å². The van der Waals surface area contributed by atoms with Crippen molar-refractivity contribution in [2.24, 2.45) is 0 Å². The van der Waals surface area contributed by atoms with Gasteiger partial charge in [-0.05, 0) is 48.5 Å². The molecule has 0 N–H and O–H groups in total. The molecule has 0 atom stereocenters. The number of hydrogen-bond acceptors (Lipinski definition) is 8. The van der Waals surface area contributed by atoms with Crippen molar-refractivity contribution in [1.82, 2.24) is 19.9 Å². The molecule has 4 heterocycles. The molecule has 8 heteroatoms. The molecule has 0 spiro atoms. The number of rotatable bonds is 4. The SMILES string of the molecule is c1ccc2sc(C(=C(c3nc4ccccc4s3)c3nc4ccccc4s3)c3nc4ccccc4s3)nc2c1. The van der Waals surface area contributed by atoms with Crippen LogP contribution in [0.1, 0.15) is 20.0 Å². The molecule has 4 nitrogen and oxygen atoms in total. The highest BCUT2D eigenvalue weighted by Gasteiger charge is 2.26. The normalized spacial score (nSPS) is 11.7. The van der Waals surface area contributed by atoms with Crippen LogP contribution in [0.2, 0.25) is 0 Å². The molecule has 8 rings (SSSR count). The van der Waals surface area contributed by atoms with Gasteiger partial charge in [-0.3, -0.25) is 0 Å². The van der Waals surface area contributed by atoms with E-state index in [1.54, 1.807) is 45.3 Å². The highest BCUT2D eigenvalue weighted by atomic mass is 32.1. The first-order valence-electron chi connectivity index (χ1n) is 12.0. The third-order valence-corrected chi connectivity index (χ3v) is 10.5. The first-order chi connectivity index (χ1) is 18.8. The van der Waals surface area contributed by atoms with Crippen molar-refractivity contribution >= 4 is 97.4 Å². The maximum atomic E-state index is 5.12. The summed E-state index contributed by atoms with van der Waals surface area (Å²) in [7, 11) is 0. The molecule has 0 aliphatic heterocycles. The van der Waals surface area contributed by atoms with Gasteiger partial charge in [0.15, 0.2) is 0 Å². The summed E-state index contributed by atoms with van der Waals surface area (Å²) >= 11 is 6.77. The van der Waals surface area contributed by atoms with Crippen molar-refractivity contribution in [1.29, 1.82) is 0 Å². The van der Waals surface area contributed by atoms with E-state index in [9.17, 15) is 0 Å². The van der Waals surface area contributed by atoms with E-state index in [0.29, 0.717) is 0 Å². The van der Waals surface area contributed by atoms with E-state index in [-0.39, 0.29) is 0 Å². The van der Waals surface area contributed by atoms with Gasteiger partial charge in [-0.1, -0.05) is 48.5 Å². The fourth-order valence-corrected chi connectivity index (χ4v) is 8.73. The third-order valence-electron chi connectivity index (χ3n) is 6.28. The van der Waals surface area contributed by atoms with Crippen LogP contribution in [0.3, 0.4) is 0 Å². The van der Waals surface area contributed by atoms with Crippen molar-refractivity contribution in [3.63, 3.8) is 0 Å². The first kappa shape index (κ1) is 22.2. The van der Waals surface area contributed by atoms with Crippen LogP contribution < -0.4 is 0 Å². The second-order valence-electron chi connectivity index (χ2n) is 8.70. The number of aromatic nitrogens is 4. The van der Waals surface area contributed by atoms with Gasteiger partial charge >= 0.3 is 0 Å². The predicted molar refractivity (Wildman–Crippen MR) is 163 cm³/mol. The van der Waals surface area contributed by atoms with Gasteiger partial charge < -0.3 is 0 Å². The van der Waals surface area contributed by atoms with Gasteiger partial charge in [-0.25, -0.2) is 19.9 Å². The Morgan fingerprint density at radius 3 is 0.816 bits per heavy atom. The minimum absolute atomic E-state index is 0.929. The molecule has 38 heavy (non-hydrogen) atoms. The van der Waals surface area contributed by atoms with Crippen LogP contribution in [-0.2, 0) is 0 Å². The van der Waals surface area contributed by atoms with Crippen molar-refractivity contribution in [3.05, 3.63) is 117 Å². The van der Waals surface area contributed by atoms with Gasteiger partial charge in [0, 0.05) is 0 Å². The third kappa shape index (κ3) is 3.68. The topological polar surface area (TPSA) is 51.6 Å². The lowest BCUT2D eigenvalue weighted by Gasteiger charge is -2.08. The Hall–Kier alpha value is -3.82. The smallest absolute Gasteiger partial charge is 0.128 e. The van der Waals surface area contributed by atoms with Crippen molar-refractivity contribution in [2.45, 2.75) is 0 Å². The van der Waals surface area contributed by atoms with Gasteiger partial charge in [0.05, 0.1) is 52.0 Å². The minimum Gasteiger partial charge on any atom is -0.236 e. The Bertz CT molecular complexity index is 1720. The monoisotopic (exact) mass is 560 g/mol. The minimum atomic E-state index is 0.929. The molecule has 0 saturated carbocycles. The van der Waals surface area contributed by atoms with Crippen LogP contribution in [0.15, 0.2) is 97.1 Å². The number of benzene rings is 4. The highest BCUT2D eigenvalue weighted by Crippen LogP contribution is 2.45. The summed E-state index contributed by atoms with van der Waals surface area (Å²) in [6.07, 6.45) is 0. The quantitative estimate of drug-likeness (QED) is 0.215. The van der Waals surface area contributed by atoms with Crippen LogP contribution in [0, 0.1) is 0 Å². The van der Waals surface area contributed by atoms with E-state index in [1.165, 1.54) is 0 Å². The van der Waals surface area contributed by atoms with Crippen LogP contribution >= 0.6 is 45.3 Å². The fourth-order valence-electron chi connectivity index (χ4n) is 4.53. The zero-order valence-electron chi connectivity index (χ0n) is 19.7. The van der Waals surface area contributed by atoms with Gasteiger partial charge in [-0.2, -0.15) is 0 Å². The number of fused-ring (bicyclic) bond motifs is 4. The maximum absolute atomic E-state index is 5.12. The molecule has 0 fully saturated rings. The molecule has 4 aromatic carbocycles. The van der Waals surface area contributed by atoms with Crippen LogP contribution in [0.5, 0.6) is 0 Å². The van der Waals surface area contributed by atoms with Crippen molar-refractivity contribution in [3.8, 4) is 0 Å². The summed E-state index contributed by atoms with van der Waals surface area (Å²) in [6, 6.07) is 33.2. The standard InChI is InChI=1S/C30H16N4S4/c1-5-13-21-17(9-1)31-27(35-21)25(28-32-18-10-2-6-14-22(18)36-28)26(29-33-19-11-3-7-15-23(19)37-29)30-34-20-12-4-8-16-24(20)38-30/h1-16H. The first-order valence-corrected chi connectivity index (χ1v) is 15.2. The van der Waals surface area contributed by atoms with E-state index in [1.807, 2.05) is 24.3 Å². The number of hydrogen-bond donors (Lipinski definition) is 0. The molecule has 0 aliphatic carbocycles. The molecule has 0 bridgehead atoms. The van der Waals surface area contributed by atoms with Gasteiger partial charge in [0.1, 0.15) is 20.0 Å². The summed E-state index contributed by atoms with van der Waals surface area (Å²) < 4.78 is 4.59. The molecule has 0 radical (unpaired) electrons. The van der Waals surface area contributed by atoms with Crippen LogP contribution in [-0.4, -0.2) is 19.9 Å². The average molecular weight is 561 g/mol. The van der Waals surface area contributed by atoms with E-state index >= 15 is 0 Å². The summed E-state index contributed by atoms with van der Waals surface area (Å²) in [4.78, 5) is 20.5. The maximum Gasteiger partial charge on any atom is 0.128 e. The van der Waals surface area contributed by atoms with E-state index < -0.39 is 0 Å². The predicted octanol–water partition coefficient (Wildman–Crippen LogP) is 9.13. The second-order valence-corrected chi connectivity index (χ2v) is 12.8. The fraction of sp³-hybridized carbons (Fsp3) is 0. The zero-order chi connectivity index (χ0) is 25.1. The average Bonchev–Trinajstić information content (AvgIpc) is 3.73. The molecule has 8 aromatic rings. The van der Waals surface area contributed by atoms with Crippen molar-refractivity contribution < 1.29 is 0 Å². The van der Waals surface area contributed by atoms with Gasteiger partial charge in [0.25, 0.3) is 0 Å². The summed E-state index contributed by atoms with van der Waals surface area (Å²) in [5, 5.41) is 3.72. The molecule has 0 amide bonds. The van der Waals surface area contributed by atoms with Gasteiger partial charge in [-0.15, -0.1) is 45.3 Å². The largest absolute Gasteiger partial charge is 0.236 e. The Morgan fingerprint density at radius 1 is 0.342 bits per heavy atom. The number of nitrogens with zero attached hydrogens (tertiary/aromatic N) is 4. The van der Waals surface area contributed by atoms with E-state index in [0.717, 1.165) is 72.0 Å². The molecule has 0 unspecified atom stereocenters. The lowest BCUT2D eigenvalue weighted by atomic mass is 10.1. The molecule has 0 aliphatic rings. The number of para-hydroxylation sites is 4. The summed E-state index contributed by atoms with van der Waals surface area (Å²) in [5.41, 5.74) is 5.92. The zero-order valence-corrected chi connectivity index (χ0v) is 22.9. The lowest BCUT2D eigenvalue weighted by Crippen LogP contribution is -1.96. The Labute approximate surface area is 233 Å². The highest BCUT2D eigenvalue weighted by molar-refractivity contribution is 7.24. The molecule has 0 saturated heterocycles. The van der Waals surface area contributed by atoms with Crippen LogP contribution in [0.4, 0.5) is 0 Å². The van der Waals surface area contributed by atoms with Crippen LogP contribution in [0.25, 0.3) is 52.0 Å². The molecular weight excluding hydrogens is 545 g/mol. The second kappa shape index (κ2) is 8.89. The molecular formula is C30H16N4S4. The van der Waals surface area contributed by atoms with E-state index in [4.69, 9.17) is 19.9 Å². The van der Waals surface area contributed by atoms with E-state index in [2.05, 4.69) is 72.8 Å². The Morgan fingerprint density at radius 2 is 0.579 bits per heavy atom. The summed E-state index contributed by atoms with van der Waals surface area (Å²) in [6.45, 7) is 0. The summed E-state index contributed by atoms with van der Waals surface area (Å²) in [5.74, 6) is 0. The molecule has 180 valence electrons. The lowest BCUT2D eigenvalue weighted by molar-refractivity contribution is 1.35. The van der Waals surface area contributed by atoms with Crippen molar-refractivity contribution in [2.75, 3.05) is 0 Å². The Kier molecular flexibility index (Phi) is 5.19. The molecule has 4 aromatic heterocycles. The Balaban J connectivity index is 1.52. The number of thiazole rings is 4.